The molecule has 1 rings (SSSR count). The molecule has 0 heterocycles. The summed E-state index contributed by atoms with van der Waals surface area (Å²) >= 11 is 0. The molecule has 22 heavy (non-hydrogen) atoms. The largest absolute Gasteiger partial charge is 0.492 e. The van der Waals surface area contributed by atoms with Gasteiger partial charge in [-0.3, -0.25) is 0 Å². The summed E-state index contributed by atoms with van der Waals surface area (Å²) < 4.78 is 5.97. The van der Waals surface area contributed by atoms with E-state index in [0.29, 0.717) is 13.2 Å². The van der Waals surface area contributed by atoms with E-state index in [0.717, 1.165) is 18.6 Å². The van der Waals surface area contributed by atoms with Crippen molar-refractivity contribution in [3.05, 3.63) is 29.3 Å². The molecule has 0 saturated heterocycles. The van der Waals surface area contributed by atoms with Crippen LogP contribution in [0, 0.1) is 0 Å². The maximum absolute atomic E-state index is 5.97. The van der Waals surface area contributed by atoms with E-state index in [1.165, 1.54) is 11.1 Å². The Morgan fingerprint density at radius 3 is 2.14 bits per heavy atom. The van der Waals surface area contributed by atoms with Crippen molar-refractivity contribution in [2.45, 2.75) is 71.3 Å². The predicted octanol–water partition coefficient (Wildman–Crippen LogP) is 3.73. The van der Waals surface area contributed by atoms with Gasteiger partial charge in [-0.1, -0.05) is 53.7 Å². The van der Waals surface area contributed by atoms with Crippen LogP contribution in [-0.2, 0) is 10.8 Å². The third kappa shape index (κ3) is 4.47. The molecule has 0 aliphatic heterocycles. The van der Waals surface area contributed by atoms with Crippen LogP contribution in [0.15, 0.2) is 18.2 Å². The minimum atomic E-state index is -0.121. The molecule has 1 unspecified atom stereocenters. The lowest BCUT2D eigenvalue weighted by molar-refractivity contribution is 0.281. The summed E-state index contributed by atoms with van der Waals surface area (Å²) in [7, 11) is 0. The Morgan fingerprint density at radius 2 is 1.64 bits per heavy atom. The van der Waals surface area contributed by atoms with Crippen LogP contribution in [0.25, 0.3) is 0 Å². The molecular formula is C19H34N2O. The molecule has 3 nitrogen and oxygen atoms in total. The fourth-order valence-corrected chi connectivity index (χ4v) is 2.27. The number of benzene rings is 1. The van der Waals surface area contributed by atoms with Gasteiger partial charge in [0.05, 0.1) is 6.04 Å². The molecule has 126 valence electrons. The molecule has 0 fully saturated rings. The van der Waals surface area contributed by atoms with Crippen LogP contribution in [-0.4, -0.2) is 19.2 Å². The smallest absolute Gasteiger partial charge is 0.123 e. The van der Waals surface area contributed by atoms with Gasteiger partial charge in [-0.15, -0.1) is 0 Å². The molecule has 0 aliphatic rings. The van der Waals surface area contributed by atoms with Gasteiger partial charge >= 0.3 is 0 Å². The molecule has 0 aliphatic carbocycles. The Bertz CT molecular complexity index is 480. The van der Waals surface area contributed by atoms with E-state index in [1.54, 1.807) is 0 Å². The maximum atomic E-state index is 5.97. The fourth-order valence-electron chi connectivity index (χ4n) is 2.27. The third-order valence-electron chi connectivity index (χ3n) is 5.01. The van der Waals surface area contributed by atoms with Gasteiger partial charge in [-0.2, -0.15) is 0 Å². The molecule has 1 aromatic rings. The SMILES string of the molecule is CCC(C)(C)c1ccc(OCC(N)CN)c(C(C)(C)CC)c1. The standard InChI is InChI=1S/C19H34N2O/c1-7-18(3,4)14-9-10-17(22-13-15(21)12-20)16(11-14)19(5,6)8-2/h9-11,15H,7-8,12-13,20-21H2,1-6H3. The summed E-state index contributed by atoms with van der Waals surface area (Å²) in [6.45, 7) is 14.4. The van der Waals surface area contributed by atoms with Crippen molar-refractivity contribution in [3.8, 4) is 5.75 Å². The Morgan fingerprint density at radius 1 is 1.05 bits per heavy atom. The first-order valence-electron chi connectivity index (χ1n) is 8.41. The van der Waals surface area contributed by atoms with Gasteiger partial charge in [0.25, 0.3) is 0 Å². The molecular weight excluding hydrogens is 272 g/mol. The Balaban J connectivity index is 3.22. The molecule has 0 aromatic heterocycles. The van der Waals surface area contributed by atoms with E-state index < -0.39 is 0 Å². The number of hydrogen-bond acceptors (Lipinski definition) is 3. The van der Waals surface area contributed by atoms with E-state index in [-0.39, 0.29) is 16.9 Å². The van der Waals surface area contributed by atoms with E-state index in [4.69, 9.17) is 16.2 Å². The monoisotopic (exact) mass is 306 g/mol. The molecule has 0 saturated carbocycles. The first-order valence-corrected chi connectivity index (χ1v) is 8.41. The van der Waals surface area contributed by atoms with Crippen molar-refractivity contribution < 1.29 is 4.74 Å². The predicted molar refractivity (Wildman–Crippen MR) is 95.6 cm³/mol. The van der Waals surface area contributed by atoms with Crippen molar-refractivity contribution in [1.29, 1.82) is 0 Å². The summed E-state index contributed by atoms with van der Waals surface area (Å²) in [6, 6.07) is 6.48. The van der Waals surface area contributed by atoms with Crippen LogP contribution in [0.2, 0.25) is 0 Å². The zero-order valence-electron chi connectivity index (χ0n) is 15.2. The lowest BCUT2D eigenvalue weighted by Crippen LogP contribution is -2.35. The Kier molecular flexibility index (Phi) is 6.45. The maximum Gasteiger partial charge on any atom is 0.123 e. The minimum absolute atomic E-state index is 0.0714. The van der Waals surface area contributed by atoms with E-state index in [1.807, 2.05) is 0 Å². The number of ether oxygens (including phenoxy) is 1. The fraction of sp³-hybridized carbons (Fsp3) is 0.684. The van der Waals surface area contributed by atoms with Crippen LogP contribution < -0.4 is 16.2 Å². The van der Waals surface area contributed by atoms with E-state index in [2.05, 4.69) is 59.7 Å². The van der Waals surface area contributed by atoms with Gasteiger partial charge in [0.15, 0.2) is 0 Å². The summed E-state index contributed by atoms with van der Waals surface area (Å²) in [4.78, 5) is 0. The molecule has 4 N–H and O–H groups in total. The Hall–Kier alpha value is -1.06. The molecule has 0 spiro atoms. The van der Waals surface area contributed by atoms with Gasteiger partial charge in [0, 0.05) is 12.1 Å². The molecule has 3 heteroatoms. The molecule has 1 atom stereocenters. The van der Waals surface area contributed by atoms with Gasteiger partial charge in [0.1, 0.15) is 12.4 Å². The highest BCUT2D eigenvalue weighted by Gasteiger charge is 2.26. The van der Waals surface area contributed by atoms with Crippen LogP contribution in [0.3, 0.4) is 0 Å². The molecule has 0 amide bonds. The highest BCUT2D eigenvalue weighted by Crippen LogP contribution is 2.38. The highest BCUT2D eigenvalue weighted by atomic mass is 16.5. The zero-order valence-corrected chi connectivity index (χ0v) is 15.2. The van der Waals surface area contributed by atoms with Crippen molar-refractivity contribution in [1.82, 2.24) is 0 Å². The van der Waals surface area contributed by atoms with Gasteiger partial charge < -0.3 is 16.2 Å². The lowest BCUT2D eigenvalue weighted by atomic mass is 9.76. The highest BCUT2D eigenvalue weighted by molar-refractivity contribution is 5.44. The molecule has 0 radical (unpaired) electrons. The van der Waals surface area contributed by atoms with Crippen LogP contribution in [0.1, 0.15) is 65.5 Å². The molecule has 0 bridgehead atoms. The average molecular weight is 306 g/mol. The second-order valence-electron chi connectivity index (χ2n) is 7.49. The summed E-state index contributed by atoms with van der Waals surface area (Å²) in [6.07, 6.45) is 2.17. The zero-order chi connectivity index (χ0) is 17.0. The average Bonchev–Trinajstić information content (AvgIpc) is 2.52. The minimum Gasteiger partial charge on any atom is -0.492 e. The van der Waals surface area contributed by atoms with Crippen molar-refractivity contribution in [2.75, 3.05) is 13.2 Å². The normalized spacial score (nSPS) is 14.0. The van der Waals surface area contributed by atoms with Gasteiger partial charge in [0.2, 0.25) is 0 Å². The second kappa shape index (κ2) is 7.47. The lowest BCUT2D eigenvalue weighted by Gasteiger charge is -2.30. The van der Waals surface area contributed by atoms with Crippen molar-refractivity contribution in [3.63, 3.8) is 0 Å². The summed E-state index contributed by atoms with van der Waals surface area (Å²) in [5.41, 5.74) is 14.3. The first kappa shape index (κ1) is 19.0. The third-order valence-corrected chi connectivity index (χ3v) is 5.01. The molecule has 1 aromatic carbocycles. The van der Waals surface area contributed by atoms with Crippen LogP contribution in [0.4, 0.5) is 0 Å². The number of nitrogens with two attached hydrogens (primary N) is 2. The second-order valence-corrected chi connectivity index (χ2v) is 7.49. The topological polar surface area (TPSA) is 61.3 Å². The van der Waals surface area contributed by atoms with Gasteiger partial charge in [-0.05, 0) is 35.3 Å². The van der Waals surface area contributed by atoms with Crippen molar-refractivity contribution in [2.24, 2.45) is 11.5 Å². The van der Waals surface area contributed by atoms with Crippen molar-refractivity contribution >= 4 is 0 Å². The van der Waals surface area contributed by atoms with Crippen LogP contribution in [0.5, 0.6) is 5.75 Å². The van der Waals surface area contributed by atoms with Gasteiger partial charge in [-0.25, -0.2) is 0 Å². The van der Waals surface area contributed by atoms with E-state index >= 15 is 0 Å². The summed E-state index contributed by atoms with van der Waals surface area (Å²) in [5.74, 6) is 0.936. The van der Waals surface area contributed by atoms with Crippen LogP contribution >= 0.6 is 0 Å². The number of hydrogen-bond donors (Lipinski definition) is 2. The Labute approximate surface area is 136 Å². The first-order chi connectivity index (χ1) is 10.2. The quantitative estimate of drug-likeness (QED) is 0.769. The van der Waals surface area contributed by atoms with E-state index in [9.17, 15) is 0 Å². The summed E-state index contributed by atoms with van der Waals surface area (Å²) in [5, 5.41) is 0. The number of rotatable bonds is 8.